The summed E-state index contributed by atoms with van der Waals surface area (Å²) in [4.78, 5) is 14.0. The normalized spacial score (nSPS) is 27.0. The lowest BCUT2D eigenvalue weighted by molar-refractivity contribution is 0.00578. The monoisotopic (exact) mass is 323 g/mol. The van der Waals surface area contributed by atoms with Crippen LogP contribution in [0.2, 0.25) is 0 Å². The number of carbonyl (C=O) groups excluding carboxylic acids is 1. The van der Waals surface area contributed by atoms with Gasteiger partial charge in [0.1, 0.15) is 5.60 Å². The van der Waals surface area contributed by atoms with Gasteiger partial charge in [-0.1, -0.05) is 6.08 Å². The number of ether oxygens (including phenoxy) is 1. The fraction of sp³-hybridized carbons (Fsp3) is 0.824. The van der Waals surface area contributed by atoms with E-state index in [4.69, 9.17) is 14.0 Å². The molecular formula is C17H30BNO4. The van der Waals surface area contributed by atoms with Crippen molar-refractivity contribution >= 4 is 13.2 Å². The molecule has 2 aliphatic heterocycles. The fourth-order valence-electron chi connectivity index (χ4n) is 2.71. The Hall–Kier alpha value is -1.01. The second kappa shape index (κ2) is 5.81. The summed E-state index contributed by atoms with van der Waals surface area (Å²) in [7, 11) is -0.330. The van der Waals surface area contributed by atoms with Gasteiger partial charge in [-0.25, -0.2) is 4.79 Å². The number of hydrogen-bond acceptors (Lipinski definition) is 4. The summed E-state index contributed by atoms with van der Waals surface area (Å²) in [6, 6.07) is -0.0346. The highest BCUT2D eigenvalue weighted by Gasteiger charge is 2.52. The highest BCUT2D eigenvalue weighted by atomic mass is 16.7. The third-order valence-corrected chi connectivity index (χ3v) is 4.77. The van der Waals surface area contributed by atoms with Crippen LogP contribution in [0.5, 0.6) is 0 Å². The fourth-order valence-corrected chi connectivity index (χ4v) is 2.71. The van der Waals surface area contributed by atoms with Crippen LogP contribution in [0.25, 0.3) is 0 Å². The first-order valence-corrected chi connectivity index (χ1v) is 8.38. The first-order chi connectivity index (χ1) is 10.3. The van der Waals surface area contributed by atoms with E-state index in [9.17, 15) is 4.79 Å². The highest BCUT2D eigenvalue weighted by Crippen LogP contribution is 2.39. The van der Waals surface area contributed by atoms with Gasteiger partial charge in [-0.2, -0.15) is 0 Å². The summed E-state index contributed by atoms with van der Waals surface area (Å²) in [6.45, 7) is 16.4. The third kappa shape index (κ3) is 3.91. The van der Waals surface area contributed by atoms with Crippen LogP contribution in [0.4, 0.5) is 4.79 Å². The number of amides is 1. The van der Waals surface area contributed by atoms with Crippen molar-refractivity contribution in [2.75, 3.05) is 6.54 Å². The van der Waals surface area contributed by atoms with Gasteiger partial charge in [0.05, 0.1) is 17.2 Å². The van der Waals surface area contributed by atoms with Gasteiger partial charge >= 0.3 is 13.2 Å². The maximum Gasteiger partial charge on any atom is 0.490 e. The average molecular weight is 323 g/mol. The van der Waals surface area contributed by atoms with Crippen LogP contribution in [-0.2, 0) is 14.0 Å². The van der Waals surface area contributed by atoms with Crippen molar-refractivity contribution in [3.8, 4) is 0 Å². The van der Waals surface area contributed by atoms with Gasteiger partial charge in [0.25, 0.3) is 0 Å². The lowest BCUT2D eigenvalue weighted by Crippen LogP contribution is -2.45. The van der Waals surface area contributed by atoms with Crippen molar-refractivity contribution in [2.24, 2.45) is 0 Å². The molecule has 0 saturated carbocycles. The Bertz CT molecular complexity index is 491. The van der Waals surface area contributed by atoms with E-state index in [1.165, 1.54) is 0 Å². The standard InChI is InChI=1S/C17H30BNO4/c1-12-11-13(18-22-16(5,6)17(7,8)23-18)9-10-19(12)14(20)21-15(2,3)4/h11-12H,9-10H2,1-8H3/t12-/m1/s1. The third-order valence-electron chi connectivity index (χ3n) is 4.77. The summed E-state index contributed by atoms with van der Waals surface area (Å²) in [5.41, 5.74) is -0.0587. The lowest BCUT2D eigenvalue weighted by atomic mass is 9.74. The quantitative estimate of drug-likeness (QED) is 0.692. The van der Waals surface area contributed by atoms with Crippen molar-refractivity contribution in [2.45, 2.75) is 84.7 Å². The molecule has 0 aromatic carbocycles. The van der Waals surface area contributed by atoms with Crippen molar-refractivity contribution in [3.63, 3.8) is 0 Å². The summed E-state index contributed by atoms with van der Waals surface area (Å²) in [6.07, 6.45) is 2.53. The molecule has 2 rings (SSSR count). The molecule has 0 aromatic rings. The SMILES string of the molecule is C[C@@H]1C=C(B2OC(C)(C)C(C)(C)O2)CCN1C(=O)OC(C)(C)C. The molecule has 0 unspecified atom stereocenters. The Morgan fingerprint density at radius 3 is 2.22 bits per heavy atom. The van der Waals surface area contributed by atoms with Gasteiger partial charge in [-0.05, 0) is 67.3 Å². The van der Waals surface area contributed by atoms with Crippen LogP contribution in [0.15, 0.2) is 11.5 Å². The van der Waals surface area contributed by atoms with Crippen molar-refractivity contribution in [1.29, 1.82) is 0 Å². The molecule has 0 aromatic heterocycles. The van der Waals surface area contributed by atoms with E-state index in [1.807, 2.05) is 55.4 Å². The first-order valence-electron chi connectivity index (χ1n) is 8.38. The molecule has 1 saturated heterocycles. The molecule has 0 aliphatic carbocycles. The lowest BCUT2D eigenvalue weighted by Gasteiger charge is -2.34. The molecule has 0 radical (unpaired) electrons. The molecule has 1 fully saturated rings. The summed E-state index contributed by atoms with van der Waals surface area (Å²) >= 11 is 0. The molecule has 5 nitrogen and oxygen atoms in total. The summed E-state index contributed by atoms with van der Waals surface area (Å²) in [5, 5.41) is 0. The molecular weight excluding hydrogens is 293 g/mol. The minimum Gasteiger partial charge on any atom is -0.444 e. The van der Waals surface area contributed by atoms with Crippen LogP contribution in [0, 0.1) is 0 Å². The van der Waals surface area contributed by atoms with Crippen LogP contribution in [-0.4, -0.2) is 47.5 Å². The maximum atomic E-state index is 12.3. The Morgan fingerprint density at radius 1 is 1.26 bits per heavy atom. The second-order valence-corrected chi connectivity index (χ2v) is 8.49. The second-order valence-electron chi connectivity index (χ2n) is 8.49. The molecule has 2 heterocycles. The van der Waals surface area contributed by atoms with E-state index in [0.29, 0.717) is 6.54 Å². The molecule has 23 heavy (non-hydrogen) atoms. The van der Waals surface area contributed by atoms with Crippen LogP contribution >= 0.6 is 0 Å². The zero-order chi connectivity index (χ0) is 17.6. The van der Waals surface area contributed by atoms with E-state index in [-0.39, 0.29) is 30.5 Å². The van der Waals surface area contributed by atoms with E-state index in [0.717, 1.165) is 11.9 Å². The van der Waals surface area contributed by atoms with Gasteiger partial charge < -0.3 is 18.9 Å². The minimum atomic E-state index is -0.480. The Morgan fingerprint density at radius 2 is 1.78 bits per heavy atom. The zero-order valence-corrected chi connectivity index (χ0v) is 15.7. The van der Waals surface area contributed by atoms with Crippen molar-refractivity contribution < 1.29 is 18.8 Å². The topological polar surface area (TPSA) is 48.0 Å². The molecule has 0 spiro atoms. The van der Waals surface area contributed by atoms with Crippen LogP contribution < -0.4 is 0 Å². The number of nitrogens with zero attached hydrogens (tertiary/aromatic N) is 1. The highest BCUT2D eigenvalue weighted by molar-refractivity contribution is 6.54. The molecule has 0 bridgehead atoms. The smallest absolute Gasteiger partial charge is 0.444 e. The molecule has 0 N–H and O–H groups in total. The van der Waals surface area contributed by atoms with Crippen LogP contribution in [0.3, 0.4) is 0 Å². The predicted octanol–water partition coefficient (Wildman–Crippen LogP) is 3.57. The largest absolute Gasteiger partial charge is 0.490 e. The number of carbonyl (C=O) groups is 1. The predicted molar refractivity (Wildman–Crippen MR) is 91.2 cm³/mol. The zero-order valence-electron chi connectivity index (χ0n) is 15.7. The molecule has 1 amide bonds. The maximum absolute atomic E-state index is 12.3. The van der Waals surface area contributed by atoms with E-state index >= 15 is 0 Å². The Balaban J connectivity index is 2.07. The van der Waals surface area contributed by atoms with Gasteiger partial charge in [-0.15, -0.1) is 0 Å². The van der Waals surface area contributed by atoms with Gasteiger partial charge in [0.2, 0.25) is 0 Å². The molecule has 130 valence electrons. The molecule has 6 heteroatoms. The van der Waals surface area contributed by atoms with E-state index in [2.05, 4.69) is 6.08 Å². The molecule has 1 atom stereocenters. The average Bonchev–Trinajstić information content (AvgIpc) is 2.56. The van der Waals surface area contributed by atoms with Crippen molar-refractivity contribution in [3.05, 3.63) is 11.5 Å². The minimum absolute atomic E-state index is 0.0346. The van der Waals surface area contributed by atoms with E-state index < -0.39 is 5.60 Å². The first kappa shape index (κ1) is 18.3. The number of hydrogen-bond donors (Lipinski definition) is 0. The van der Waals surface area contributed by atoms with Gasteiger partial charge in [0, 0.05) is 6.54 Å². The Kier molecular flexibility index (Phi) is 4.64. The molecule has 2 aliphatic rings. The van der Waals surface area contributed by atoms with E-state index in [1.54, 1.807) is 4.90 Å². The van der Waals surface area contributed by atoms with Crippen molar-refractivity contribution in [1.82, 2.24) is 4.90 Å². The Labute approximate surface area is 140 Å². The van der Waals surface area contributed by atoms with Gasteiger partial charge in [0.15, 0.2) is 0 Å². The summed E-state index contributed by atoms with van der Waals surface area (Å²) < 4.78 is 17.7. The van der Waals surface area contributed by atoms with Gasteiger partial charge in [-0.3, -0.25) is 0 Å². The summed E-state index contributed by atoms with van der Waals surface area (Å²) in [5.74, 6) is 0. The van der Waals surface area contributed by atoms with Crippen LogP contribution in [0.1, 0.15) is 61.8 Å². The number of rotatable bonds is 1.